The Labute approximate surface area is 108 Å². The lowest BCUT2D eigenvalue weighted by Gasteiger charge is -2.29. The molecule has 1 unspecified atom stereocenters. The molecule has 0 aliphatic heterocycles. The van der Waals surface area contributed by atoms with Gasteiger partial charge in [-0.2, -0.15) is 22.0 Å². The van der Waals surface area contributed by atoms with Crippen LogP contribution in [-0.4, -0.2) is 18.6 Å². The first kappa shape index (κ1) is 15.9. The van der Waals surface area contributed by atoms with Gasteiger partial charge in [-0.15, -0.1) is 0 Å². The first-order valence-electron chi connectivity index (χ1n) is 5.94. The highest BCUT2D eigenvalue weighted by Gasteiger charge is 2.62. The van der Waals surface area contributed by atoms with Gasteiger partial charge in [0.25, 0.3) is 0 Å². The summed E-state index contributed by atoms with van der Waals surface area (Å²) >= 11 is 0. The summed E-state index contributed by atoms with van der Waals surface area (Å²) in [5, 5.41) is 2.28. The van der Waals surface area contributed by atoms with Crippen LogP contribution in [0.25, 0.3) is 0 Å². The van der Waals surface area contributed by atoms with E-state index in [0.717, 1.165) is 5.56 Å². The van der Waals surface area contributed by atoms with Crippen LogP contribution in [0.5, 0.6) is 0 Å². The molecule has 1 nitrogen and oxygen atoms in total. The fourth-order valence-electron chi connectivity index (χ4n) is 1.67. The van der Waals surface area contributed by atoms with Gasteiger partial charge in [0.05, 0.1) is 0 Å². The van der Waals surface area contributed by atoms with E-state index in [9.17, 15) is 22.0 Å². The molecule has 1 N–H and O–H groups in total. The third-order valence-corrected chi connectivity index (χ3v) is 2.75. The lowest BCUT2D eigenvalue weighted by molar-refractivity contribution is -0.294. The monoisotopic (exact) mass is 281 g/mol. The molecule has 0 aliphatic carbocycles. The number of hydrogen-bond acceptors (Lipinski definition) is 1. The van der Waals surface area contributed by atoms with E-state index in [0.29, 0.717) is 6.42 Å². The summed E-state index contributed by atoms with van der Waals surface area (Å²) in [6.07, 6.45) is -5.11. The number of benzene rings is 1. The van der Waals surface area contributed by atoms with E-state index < -0.39 is 18.1 Å². The van der Waals surface area contributed by atoms with Gasteiger partial charge >= 0.3 is 12.1 Å². The smallest absolute Gasteiger partial charge is 0.305 e. The van der Waals surface area contributed by atoms with E-state index in [-0.39, 0.29) is 12.1 Å². The van der Waals surface area contributed by atoms with Crippen molar-refractivity contribution >= 4 is 0 Å². The molecule has 0 amide bonds. The Morgan fingerprint density at radius 1 is 1.05 bits per heavy atom. The van der Waals surface area contributed by atoms with Crippen molar-refractivity contribution in [3.8, 4) is 0 Å². The van der Waals surface area contributed by atoms with Gasteiger partial charge in [0.2, 0.25) is 0 Å². The molecule has 6 heteroatoms. The Bertz CT molecular complexity index is 396. The van der Waals surface area contributed by atoms with Gasteiger partial charge in [0.1, 0.15) is 6.04 Å². The molecule has 108 valence electrons. The zero-order chi connectivity index (χ0) is 14.7. The van der Waals surface area contributed by atoms with Crippen LogP contribution >= 0.6 is 0 Å². The molecule has 0 fully saturated rings. The average Bonchev–Trinajstić information content (AvgIpc) is 2.30. The third-order valence-electron chi connectivity index (χ3n) is 2.75. The molecular weight excluding hydrogens is 265 g/mol. The molecule has 0 heterocycles. The van der Waals surface area contributed by atoms with E-state index >= 15 is 0 Å². The summed E-state index contributed by atoms with van der Waals surface area (Å²) in [4.78, 5) is 0. The van der Waals surface area contributed by atoms with Crippen LogP contribution < -0.4 is 5.32 Å². The maximum absolute atomic E-state index is 13.5. The molecule has 0 radical (unpaired) electrons. The zero-order valence-corrected chi connectivity index (χ0v) is 10.7. The van der Waals surface area contributed by atoms with E-state index in [2.05, 4.69) is 5.32 Å². The Kier molecular flexibility index (Phi) is 4.90. The second-order valence-corrected chi connectivity index (χ2v) is 4.42. The van der Waals surface area contributed by atoms with Gasteiger partial charge in [-0.3, -0.25) is 0 Å². The lowest BCUT2D eigenvalue weighted by atomic mass is 9.98. The maximum atomic E-state index is 13.5. The van der Waals surface area contributed by atoms with Gasteiger partial charge in [-0.25, -0.2) is 0 Å². The van der Waals surface area contributed by atoms with Crippen LogP contribution in [-0.2, 0) is 0 Å². The predicted octanol–water partition coefficient (Wildman–Crippen LogP) is 4.23. The summed E-state index contributed by atoms with van der Waals surface area (Å²) < 4.78 is 64.5. The standard InChI is InChI=1S/C13H16F5N/c1-3-8-19-11(12(14,15)13(16,17)18)10-6-4-9(2)5-7-10/h4-7,11,19H,3,8H2,1-2H3. The zero-order valence-electron chi connectivity index (χ0n) is 10.7. The first-order chi connectivity index (χ1) is 8.70. The Balaban J connectivity index is 3.11. The van der Waals surface area contributed by atoms with Crippen LogP contribution in [0.1, 0.15) is 30.5 Å². The molecule has 1 aromatic carbocycles. The van der Waals surface area contributed by atoms with Crippen LogP contribution in [0.15, 0.2) is 24.3 Å². The van der Waals surface area contributed by atoms with E-state index in [1.165, 1.54) is 24.3 Å². The van der Waals surface area contributed by atoms with Crippen molar-refractivity contribution in [2.24, 2.45) is 0 Å². The molecule has 0 spiro atoms. The highest BCUT2D eigenvalue weighted by molar-refractivity contribution is 5.26. The van der Waals surface area contributed by atoms with Gasteiger partial charge in [-0.05, 0) is 25.5 Å². The number of rotatable bonds is 5. The predicted molar refractivity (Wildman–Crippen MR) is 63.2 cm³/mol. The van der Waals surface area contributed by atoms with Crippen LogP contribution in [0.2, 0.25) is 0 Å². The molecule has 1 aromatic rings. The molecule has 0 aliphatic rings. The summed E-state index contributed by atoms with van der Waals surface area (Å²) in [6.45, 7) is 3.52. The molecule has 19 heavy (non-hydrogen) atoms. The van der Waals surface area contributed by atoms with Gasteiger partial charge in [-0.1, -0.05) is 36.8 Å². The molecule has 1 atom stereocenters. The van der Waals surface area contributed by atoms with Crippen LogP contribution in [0.3, 0.4) is 0 Å². The molecule has 1 rings (SSSR count). The lowest BCUT2D eigenvalue weighted by Crippen LogP contribution is -2.48. The quantitative estimate of drug-likeness (QED) is 0.796. The maximum Gasteiger partial charge on any atom is 0.455 e. The van der Waals surface area contributed by atoms with Crippen LogP contribution in [0.4, 0.5) is 22.0 Å². The number of nitrogens with one attached hydrogen (secondary N) is 1. The van der Waals surface area contributed by atoms with Crippen molar-refractivity contribution in [3.05, 3.63) is 35.4 Å². The topological polar surface area (TPSA) is 12.0 Å². The largest absolute Gasteiger partial charge is 0.455 e. The second-order valence-electron chi connectivity index (χ2n) is 4.42. The summed E-state index contributed by atoms with van der Waals surface area (Å²) in [5.41, 5.74) is 0.731. The Morgan fingerprint density at radius 2 is 1.58 bits per heavy atom. The Morgan fingerprint density at radius 3 is 2.00 bits per heavy atom. The van der Waals surface area contributed by atoms with Crippen molar-refractivity contribution < 1.29 is 22.0 Å². The average molecular weight is 281 g/mol. The summed E-state index contributed by atoms with van der Waals surface area (Å²) in [5.74, 6) is -4.81. The minimum atomic E-state index is -5.58. The molecular formula is C13H16F5N. The number of halogens is 5. The normalized spacial score (nSPS) is 14.5. The molecule has 0 aromatic heterocycles. The first-order valence-corrected chi connectivity index (χ1v) is 5.94. The van der Waals surface area contributed by atoms with E-state index in [1.807, 2.05) is 0 Å². The van der Waals surface area contributed by atoms with Gasteiger partial charge in [0, 0.05) is 0 Å². The Hall–Kier alpha value is -1.17. The fraction of sp³-hybridized carbons (Fsp3) is 0.538. The minimum Gasteiger partial charge on any atom is -0.305 e. The highest BCUT2D eigenvalue weighted by Crippen LogP contribution is 2.44. The number of aryl methyl sites for hydroxylation is 1. The molecule has 0 saturated carbocycles. The third kappa shape index (κ3) is 3.65. The summed E-state index contributed by atoms with van der Waals surface area (Å²) in [7, 11) is 0. The van der Waals surface area contributed by atoms with Gasteiger partial charge in [0.15, 0.2) is 0 Å². The van der Waals surface area contributed by atoms with Crippen LogP contribution in [0, 0.1) is 6.92 Å². The van der Waals surface area contributed by atoms with E-state index in [4.69, 9.17) is 0 Å². The number of hydrogen-bond donors (Lipinski definition) is 1. The van der Waals surface area contributed by atoms with Crippen molar-refractivity contribution in [2.75, 3.05) is 6.54 Å². The number of alkyl halides is 5. The molecule has 0 saturated heterocycles. The highest BCUT2D eigenvalue weighted by atomic mass is 19.4. The molecule has 0 bridgehead atoms. The van der Waals surface area contributed by atoms with E-state index in [1.54, 1.807) is 13.8 Å². The van der Waals surface area contributed by atoms with Crippen molar-refractivity contribution in [1.82, 2.24) is 5.32 Å². The fourth-order valence-corrected chi connectivity index (χ4v) is 1.67. The second kappa shape index (κ2) is 5.86. The van der Waals surface area contributed by atoms with Crippen molar-refractivity contribution in [2.45, 2.75) is 38.4 Å². The summed E-state index contributed by atoms with van der Waals surface area (Å²) in [6, 6.07) is 3.56. The van der Waals surface area contributed by atoms with Gasteiger partial charge < -0.3 is 5.32 Å². The van der Waals surface area contributed by atoms with Crippen molar-refractivity contribution in [3.63, 3.8) is 0 Å². The SMILES string of the molecule is CCCNC(c1ccc(C)cc1)C(F)(F)C(F)(F)F. The minimum absolute atomic E-state index is 0.0682. The van der Waals surface area contributed by atoms with Crippen molar-refractivity contribution in [1.29, 1.82) is 0 Å².